The lowest BCUT2D eigenvalue weighted by Gasteiger charge is -2.27. The molecule has 8 nitrogen and oxygen atoms in total. The van der Waals surface area contributed by atoms with E-state index in [1.54, 1.807) is 24.7 Å². The van der Waals surface area contributed by atoms with Gasteiger partial charge in [0, 0.05) is 35.8 Å². The summed E-state index contributed by atoms with van der Waals surface area (Å²) in [5.74, 6) is 0.185. The Morgan fingerprint density at radius 2 is 2.03 bits per heavy atom. The number of hydrogen-bond acceptors (Lipinski definition) is 6. The van der Waals surface area contributed by atoms with Crippen molar-refractivity contribution in [2.75, 3.05) is 6.54 Å². The standard InChI is InChI=1S/C27H25ClF3N5O3/c1-14-7-20(26-32-13-33-35(26)3)18-5-4-6-23(25(18)34-14)38-12-21-19(8-16(29)9-22(21)28)15(2)36-11-17(10-24(36)37)39-27(30)31/h4-9,13,15,17,27H,10-12H2,1-3H3/t15?,17-/m0/s1. The number of ether oxygens (including phenoxy) is 2. The summed E-state index contributed by atoms with van der Waals surface area (Å²) in [5, 5.41) is 5.09. The van der Waals surface area contributed by atoms with Gasteiger partial charge < -0.3 is 14.4 Å². The molecule has 0 aliphatic carbocycles. The van der Waals surface area contributed by atoms with Crippen molar-refractivity contribution in [3.05, 3.63) is 70.4 Å². The fourth-order valence-electron chi connectivity index (χ4n) is 4.97. The first-order valence-electron chi connectivity index (χ1n) is 12.2. The zero-order valence-corrected chi connectivity index (χ0v) is 22.1. The molecule has 0 spiro atoms. The molecule has 39 heavy (non-hydrogen) atoms. The van der Waals surface area contributed by atoms with Gasteiger partial charge in [-0.3, -0.25) is 4.79 Å². The van der Waals surface area contributed by atoms with Gasteiger partial charge in [0.05, 0.1) is 23.6 Å². The number of carbonyl (C=O) groups excluding carboxylic acids is 1. The lowest BCUT2D eigenvalue weighted by atomic mass is 10.00. The molecule has 0 saturated carbocycles. The zero-order valence-electron chi connectivity index (χ0n) is 21.4. The van der Waals surface area contributed by atoms with Crippen LogP contribution in [0.2, 0.25) is 5.02 Å². The summed E-state index contributed by atoms with van der Waals surface area (Å²) in [6.07, 6.45) is 0.346. The number of pyridine rings is 1. The number of hydrogen-bond donors (Lipinski definition) is 0. The monoisotopic (exact) mass is 559 g/mol. The molecule has 1 unspecified atom stereocenters. The number of likely N-dealkylation sites (tertiary alicyclic amines) is 1. The molecule has 12 heteroatoms. The number of carbonyl (C=O) groups is 1. The summed E-state index contributed by atoms with van der Waals surface area (Å²) >= 11 is 6.46. The Hall–Kier alpha value is -3.70. The molecule has 1 saturated heterocycles. The van der Waals surface area contributed by atoms with E-state index in [1.807, 2.05) is 25.1 Å². The number of fused-ring (bicyclic) bond motifs is 1. The number of halogens is 4. The van der Waals surface area contributed by atoms with Gasteiger partial charge in [0.2, 0.25) is 5.91 Å². The largest absolute Gasteiger partial charge is 0.487 e. The molecule has 4 aromatic rings. The summed E-state index contributed by atoms with van der Waals surface area (Å²) < 4.78 is 52.3. The van der Waals surface area contributed by atoms with Crippen molar-refractivity contribution in [1.29, 1.82) is 0 Å². The topological polar surface area (TPSA) is 82.4 Å². The first-order valence-corrected chi connectivity index (χ1v) is 12.6. The first kappa shape index (κ1) is 26.9. The summed E-state index contributed by atoms with van der Waals surface area (Å²) in [6.45, 7) is 0.470. The molecule has 204 valence electrons. The molecule has 1 amide bonds. The van der Waals surface area contributed by atoms with E-state index in [2.05, 4.69) is 19.8 Å². The fraction of sp³-hybridized carbons (Fsp3) is 0.333. The highest BCUT2D eigenvalue weighted by Crippen LogP contribution is 2.36. The number of benzene rings is 2. The van der Waals surface area contributed by atoms with Crippen molar-refractivity contribution in [3.63, 3.8) is 0 Å². The quantitative estimate of drug-likeness (QED) is 0.279. The minimum Gasteiger partial charge on any atom is -0.487 e. The zero-order chi connectivity index (χ0) is 27.8. The van der Waals surface area contributed by atoms with Crippen LogP contribution in [0.5, 0.6) is 5.75 Å². The maximum Gasteiger partial charge on any atom is 0.345 e. The molecule has 1 fully saturated rings. The molecule has 0 N–H and O–H groups in total. The summed E-state index contributed by atoms with van der Waals surface area (Å²) in [5.41, 5.74) is 3.07. The highest BCUT2D eigenvalue weighted by Gasteiger charge is 2.36. The van der Waals surface area contributed by atoms with Crippen molar-refractivity contribution < 1.29 is 27.4 Å². The Balaban J connectivity index is 1.47. The maximum absolute atomic E-state index is 14.5. The van der Waals surface area contributed by atoms with Gasteiger partial charge in [-0.1, -0.05) is 23.7 Å². The lowest BCUT2D eigenvalue weighted by molar-refractivity contribution is -0.159. The minimum absolute atomic E-state index is 0.0455. The van der Waals surface area contributed by atoms with Gasteiger partial charge in [-0.25, -0.2) is 19.0 Å². The summed E-state index contributed by atoms with van der Waals surface area (Å²) in [4.78, 5) is 23.0. The van der Waals surface area contributed by atoms with Crippen LogP contribution in [0.3, 0.4) is 0 Å². The Morgan fingerprint density at radius 3 is 2.74 bits per heavy atom. The highest BCUT2D eigenvalue weighted by atomic mass is 35.5. The van der Waals surface area contributed by atoms with E-state index >= 15 is 0 Å². The van der Waals surface area contributed by atoms with E-state index in [0.29, 0.717) is 28.2 Å². The average Bonchev–Trinajstić information content (AvgIpc) is 3.46. The molecule has 0 radical (unpaired) electrons. The molecule has 5 rings (SSSR count). The predicted molar refractivity (Wildman–Crippen MR) is 138 cm³/mol. The molecule has 2 aromatic carbocycles. The van der Waals surface area contributed by atoms with Crippen LogP contribution in [0.4, 0.5) is 13.2 Å². The average molecular weight is 560 g/mol. The molecule has 1 aliphatic rings. The van der Waals surface area contributed by atoms with Gasteiger partial charge in [-0.15, -0.1) is 0 Å². The van der Waals surface area contributed by atoms with Crippen molar-refractivity contribution in [2.24, 2.45) is 7.05 Å². The number of aromatic nitrogens is 4. The third kappa shape index (κ3) is 5.41. The van der Waals surface area contributed by atoms with E-state index in [4.69, 9.17) is 16.3 Å². The number of alkyl halides is 2. The van der Waals surface area contributed by atoms with Crippen LogP contribution in [0.1, 0.15) is 36.2 Å². The smallest absolute Gasteiger partial charge is 0.345 e. The molecule has 2 atom stereocenters. The molecular formula is C27H25ClF3N5O3. The van der Waals surface area contributed by atoms with Crippen LogP contribution in [0.15, 0.2) is 42.7 Å². The number of amides is 1. The minimum atomic E-state index is -2.99. The van der Waals surface area contributed by atoms with E-state index in [-0.39, 0.29) is 30.5 Å². The van der Waals surface area contributed by atoms with Gasteiger partial charge in [0.1, 0.15) is 30.0 Å². The van der Waals surface area contributed by atoms with E-state index in [0.717, 1.165) is 16.6 Å². The molecule has 1 aliphatic heterocycles. The Kier molecular flexibility index (Phi) is 7.46. The van der Waals surface area contributed by atoms with Crippen LogP contribution in [-0.4, -0.2) is 49.8 Å². The number of aryl methyl sites for hydroxylation is 2. The molecule has 3 heterocycles. The van der Waals surface area contributed by atoms with Crippen LogP contribution < -0.4 is 4.74 Å². The molecule has 2 aromatic heterocycles. The third-order valence-corrected chi connectivity index (χ3v) is 7.12. The number of nitrogens with zero attached hydrogens (tertiary/aromatic N) is 5. The number of para-hydroxylation sites is 1. The van der Waals surface area contributed by atoms with E-state index < -0.39 is 24.6 Å². The van der Waals surface area contributed by atoms with Crippen LogP contribution >= 0.6 is 11.6 Å². The predicted octanol–water partition coefficient (Wildman–Crippen LogP) is 5.61. The van der Waals surface area contributed by atoms with Gasteiger partial charge >= 0.3 is 6.61 Å². The fourth-order valence-corrected chi connectivity index (χ4v) is 5.23. The SMILES string of the molecule is Cc1cc(-c2ncnn2C)c2cccc(OCc3c(Cl)cc(F)cc3C(C)N3C[C@@H](OC(F)F)CC3=O)c2n1. The Bertz CT molecular complexity index is 1550. The van der Waals surface area contributed by atoms with Crippen molar-refractivity contribution in [2.45, 2.75) is 45.6 Å². The van der Waals surface area contributed by atoms with Gasteiger partial charge in [-0.2, -0.15) is 13.9 Å². The Morgan fingerprint density at radius 1 is 1.23 bits per heavy atom. The lowest BCUT2D eigenvalue weighted by Crippen LogP contribution is -2.30. The van der Waals surface area contributed by atoms with Gasteiger partial charge in [-0.05, 0) is 43.7 Å². The van der Waals surface area contributed by atoms with Crippen molar-refractivity contribution >= 4 is 28.4 Å². The second-order valence-electron chi connectivity index (χ2n) is 9.36. The van der Waals surface area contributed by atoms with Crippen molar-refractivity contribution in [1.82, 2.24) is 24.6 Å². The Labute approximate surface area is 227 Å². The van der Waals surface area contributed by atoms with E-state index in [9.17, 15) is 18.0 Å². The van der Waals surface area contributed by atoms with Gasteiger partial charge in [0.25, 0.3) is 0 Å². The summed E-state index contributed by atoms with van der Waals surface area (Å²) in [7, 11) is 1.80. The van der Waals surface area contributed by atoms with Crippen LogP contribution in [0, 0.1) is 12.7 Å². The summed E-state index contributed by atoms with van der Waals surface area (Å²) in [6, 6.07) is 9.22. The highest BCUT2D eigenvalue weighted by molar-refractivity contribution is 6.31. The second kappa shape index (κ2) is 10.8. The maximum atomic E-state index is 14.5. The van der Waals surface area contributed by atoms with Crippen LogP contribution in [-0.2, 0) is 23.2 Å². The van der Waals surface area contributed by atoms with Crippen molar-refractivity contribution in [3.8, 4) is 17.1 Å². The normalized spacial score (nSPS) is 16.5. The molecular weight excluding hydrogens is 535 g/mol. The number of rotatable bonds is 8. The van der Waals surface area contributed by atoms with E-state index in [1.165, 1.54) is 23.4 Å². The van der Waals surface area contributed by atoms with Crippen LogP contribution in [0.25, 0.3) is 22.3 Å². The second-order valence-corrected chi connectivity index (χ2v) is 9.77. The first-order chi connectivity index (χ1) is 18.6. The van der Waals surface area contributed by atoms with Gasteiger partial charge in [0.15, 0.2) is 5.82 Å². The molecule has 0 bridgehead atoms. The third-order valence-electron chi connectivity index (χ3n) is 6.79.